The van der Waals surface area contributed by atoms with E-state index in [9.17, 15) is 4.79 Å². The van der Waals surface area contributed by atoms with Gasteiger partial charge in [0.05, 0.1) is 6.61 Å². The van der Waals surface area contributed by atoms with Gasteiger partial charge in [0, 0.05) is 18.3 Å². The summed E-state index contributed by atoms with van der Waals surface area (Å²) < 4.78 is 5.05. The first-order valence-electron chi connectivity index (χ1n) is 6.73. The average Bonchev–Trinajstić information content (AvgIpc) is 2.35. The third kappa shape index (κ3) is 6.82. The van der Waals surface area contributed by atoms with E-state index in [4.69, 9.17) is 4.74 Å². The molecular weight excluding hydrogens is 240 g/mol. The minimum absolute atomic E-state index is 0.343. The van der Waals surface area contributed by atoms with E-state index in [0.29, 0.717) is 18.6 Å². The number of benzene rings is 1. The van der Waals surface area contributed by atoms with Crippen LogP contribution >= 0.6 is 0 Å². The summed E-state index contributed by atoms with van der Waals surface area (Å²) >= 11 is 0. The van der Waals surface area contributed by atoms with Crippen LogP contribution in [0.4, 0.5) is 10.5 Å². The summed E-state index contributed by atoms with van der Waals surface area (Å²) in [6.45, 7) is 9.49. The lowest BCUT2D eigenvalue weighted by molar-refractivity contribution is 0.147. The Morgan fingerprint density at radius 2 is 1.79 bits per heavy atom. The van der Waals surface area contributed by atoms with Crippen LogP contribution in [0.25, 0.3) is 0 Å². The largest absolute Gasteiger partial charge is 0.449 e. The van der Waals surface area contributed by atoms with Crippen LogP contribution in [0.15, 0.2) is 24.3 Å². The molecule has 0 fully saturated rings. The maximum absolute atomic E-state index is 11.5. The molecule has 0 saturated heterocycles. The molecule has 0 unspecified atom stereocenters. The molecule has 1 aromatic carbocycles. The van der Waals surface area contributed by atoms with Crippen LogP contribution in [0.3, 0.4) is 0 Å². The predicted octanol–water partition coefficient (Wildman–Crippen LogP) is 3.39. The predicted molar refractivity (Wildman–Crippen MR) is 78.2 cm³/mol. The number of ether oxygens (including phenoxy) is 1. The summed E-state index contributed by atoms with van der Waals surface area (Å²) in [6.07, 6.45) is -0.401. The standard InChI is InChI=1S/C15H24N2O2/c1-11(2)10-19-15(18)17-14-7-5-13(6-8-14)9-16-12(3)4/h5-8,11-12,16H,9-10H2,1-4H3,(H,17,18). The maximum Gasteiger partial charge on any atom is 0.411 e. The van der Waals surface area contributed by atoms with E-state index in [2.05, 4.69) is 24.5 Å². The molecule has 0 saturated carbocycles. The molecule has 4 heteroatoms. The SMILES string of the molecule is CC(C)COC(=O)Nc1ccc(CNC(C)C)cc1. The number of carbonyl (C=O) groups excluding carboxylic acids is 1. The Morgan fingerprint density at radius 1 is 1.16 bits per heavy atom. The van der Waals surface area contributed by atoms with Gasteiger partial charge in [0.1, 0.15) is 0 Å². The normalized spacial score (nSPS) is 10.8. The first-order valence-corrected chi connectivity index (χ1v) is 6.73. The Balaban J connectivity index is 2.41. The van der Waals surface area contributed by atoms with Crippen molar-refractivity contribution in [3.8, 4) is 0 Å². The summed E-state index contributed by atoms with van der Waals surface area (Å²) in [6, 6.07) is 8.21. The lowest BCUT2D eigenvalue weighted by atomic mass is 10.2. The number of anilines is 1. The quantitative estimate of drug-likeness (QED) is 0.828. The molecule has 0 aliphatic carbocycles. The zero-order valence-corrected chi connectivity index (χ0v) is 12.2. The molecular formula is C15H24N2O2. The Kier molecular flexibility index (Phi) is 6.36. The fourth-order valence-corrected chi connectivity index (χ4v) is 1.42. The molecule has 0 radical (unpaired) electrons. The molecule has 106 valence electrons. The van der Waals surface area contributed by atoms with E-state index in [1.165, 1.54) is 5.56 Å². The third-order valence-electron chi connectivity index (χ3n) is 2.46. The number of nitrogens with one attached hydrogen (secondary N) is 2. The highest BCUT2D eigenvalue weighted by Crippen LogP contribution is 2.10. The molecule has 0 aliphatic rings. The first kappa shape index (κ1) is 15.5. The van der Waals surface area contributed by atoms with E-state index < -0.39 is 6.09 Å². The summed E-state index contributed by atoms with van der Waals surface area (Å²) in [5.41, 5.74) is 1.94. The summed E-state index contributed by atoms with van der Waals surface area (Å²) in [7, 11) is 0. The minimum atomic E-state index is -0.401. The Morgan fingerprint density at radius 3 is 2.32 bits per heavy atom. The fraction of sp³-hybridized carbons (Fsp3) is 0.533. The monoisotopic (exact) mass is 264 g/mol. The van der Waals surface area contributed by atoms with Crippen LogP contribution in [0, 0.1) is 5.92 Å². The van der Waals surface area contributed by atoms with Gasteiger partial charge in [-0.05, 0) is 23.6 Å². The molecule has 19 heavy (non-hydrogen) atoms. The van der Waals surface area contributed by atoms with Crippen molar-refractivity contribution in [2.45, 2.75) is 40.3 Å². The second kappa shape index (κ2) is 7.79. The van der Waals surface area contributed by atoms with Gasteiger partial charge in [0.2, 0.25) is 0 Å². The van der Waals surface area contributed by atoms with Crippen LogP contribution in [0.5, 0.6) is 0 Å². The van der Waals surface area contributed by atoms with E-state index in [0.717, 1.165) is 12.2 Å². The van der Waals surface area contributed by atoms with E-state index in [1.807, 2.05) is 38.1 Å². The highest BCUT2D eigenvalue weighted by Gasteiger charge is 2.04. The van der Waals surface area contributed by atoms with Crippen LogP contribution in [0.2, 0.25) is 0 Å². The van der Waals surface area contributed by atoms with E-state index >= 15 is 0 Å². The lowest BCUT2D eigenvalue weighted by Crippen LogP contribution is -2.21. The molecule has 0 heterocycles. The fourth-order valence-electron chi connectivity index (χ4n) is 1.42. The molecule has 2 N–H and O–H groups in total. The molecule has 4 nitrogen and oxygen atoms in total. The molecule has 1 rings (SSSR count). The number of hydrogen-bond donors (Lipinski definition) is 2. The highest BCUT2D eigenvalue weighted by atomic mass is 16.5. The summed E-state index contributed by atoms with van der Waals surface area (Å²) in [5.74, 6) is 0.343. The number of rotatable bonds is 6. The molecule has 0 aliphatic heterocycles. The Bertz CT molecular complexity index is 386. The van der Waals surface area contributed by atoms with Crippen molar-refractivity contribution in [3.63, 3.8) is 0 Å². The third-order valence-corrected chi connectivity index (χ3v) is 2.46. The summed E-state index contributed by atoms with van der Waals surface area (Å²) in [5, 5.41) is 6.05. The molecule has 1 aromatic rings. The van der Waals surface area contributed by atoms with Gasteiger partial charge in [0.25, 0.3) is 0 Å². The van der Waals surface area contributed by atoms with Crippen LogP contribution in [0.1, 0.15) is 33.3 Å². The van der Waals surface area contributed by atoms with Crippen molar-refractivity contribution >= 4 is 11.8 Å². The van der Waals surface area contributed by atoms with Gasteiger partial charge in [-0.2, -0.15) is 0 Å². The van der Waals surface area contributed by atoms with Crippen LogP contribution in [-0.4, -0.2) is 18.7 Å². The average molecular weight is 264 g/mol. The van der Waals surface area contributed by atoms with Gasteiger partial charge in [-0.15, -0.1) is 0 Å². The molecule has 0 bridgehead atoms. The Hall–Kier alpha value is -1.55. The highest BCUT2D eigenvalue weighted by molar-refractivity contribution is 5.84. The molecule has 1 amide bonds. The topological polar surface area (TPSA) is 50.4 Å². The number of hydrogen-bond acceptors (Lipinski definition) is 3. The van der Waals surface area contributed by atoms with Crippen molar-refractivity contribution in [3.05, 3.63) is 29.8 Å². The van der Waals surface area contributed by atoms with Crippen LogP contribution in [-0.2, 0) is 11.3 Å². The van der Waals surface area contributed by atoms with Gasteiger partial charge in [-0.25, -0.2) is 4.79 Å². The second-order valence-corrected chi connectivity index (χ2v) is 5.35. The number of carbonyl (C=O) groups is 1. The van der Waals surface area contributed by atoms with Gasteiger partial charge in [-0.1, -0.05) is 39.8 Å². The number of amides is 1. The van der Waals surface area contributed by atoms with Crippen molar-refractivity contribution in [1.82, 2.24) is 5.32 Å². The minimum Gasteiger partial charge on any atom is -0.449 e. The molecule has 0 spiro atoms. The zero-order chi connectivity index (χ0) is 14.3. The van der Waals surface area contributed by atoms with Crippen LogP contribution < -0.4 is 10.6 Å². The molecule has 0 aromatic heterocycles. The van der Waals surface area contributed by atoms with Crippen molar-refractivity contribution in [1.29, 1.82) is 0 Å². The van der Waals surface area contributed by atoms with Crippen molar-refractivity contribution in [2.24, 2.45) is 5.92 Å². The smallest absolute Gasteiger partial charge is 0.411 e. The van der Waals surface area contributed by atoms with Gasteiger partial charge in [0.15, 0.2) is 0 Å². The molecule has 0 atom stereocenters. The van der Waals surface area contributed by atoms with E-state index in [-0.39, 0.29) is 0 Å². The van der Waals surface area contributed by atoms with Gasteiger partial charge >= 0.3 is 6.09 Å². The summed E-state index contributed by atoms with van der Waals surface area (Å²) in [4.78, 5) is 11.5. The first-order chi connectivity index (χ1) is 8.97. The van der Waals surface area contributed by atoms with Gasteiger partial charge < -0.3 is 10.1 Å². The van der Waals surface area contributed by atoms with E-state index in [1.54, 1.807) is 0 Å². The van der Waals surface area contributed by atoms with Crippen molar-refractivity contribution < 1.29 is 9.53 Å². The zero-order valence-electron chi connectivity index (χ0n) is 12.2. The van der Waals surface area contributed by atoms with Crippen molar-refractivity contribution in [2.75, 3.05) is 11.9 Å². The van der Waals surface area contributed by atoms with Gasteiger partial charge in [-0.3, -0.25) is 5.32 Å². The second-order valence-electron chi connectivity index (χ2n) is 5.35. The Labute approximate surface area is 115 Å². The lowest BCUT2D eigenvalue weighted by Gasteiger charge is -2.10. The maximum atomic E-state index is 11.5.